The Kier molecular flexibility index (Phi) is 1.62. The standard InChI is InChI=1S/C5H4ClFN2/c1-3-2-4(6)9-5(7)8-3/h2H,1H3. The van der Waals surface area contributed by atoms with E-state index < -0.39 is 6.08 Å². The smallest absolute Gasteiger partial charge is 0.208 e. The third-order valence-corrected chi connectivity index (χ3v) is 0.989. The molecule has 0 amide bonds. The Morgan fingerprint density at radius 2 is 2.22 bits per heavy atom. The number of rotatable bonds is 0. The van der Waals surface area contributed by atoms with Crippen molar-refractivity contribution in [2.24, 2.45) is 0 Å². The lowest BCUT2D eigenvalue weighted by Gasteiger charge is -1.90. The first-order chi connectivity index (χ1) is 4.18. The Bertz CT molecular complexity index is 176. The van der Waals surface area contributed by atoms with Crippen molar-refractivity contribution in [3.05, 3.63) is 23.0 Å². The number of halogens is 2. The minimum absolute atomic E-state index is 0.139. The molecule has 0 atom stereocenters. The van der Waals surface area contributed by atoms with Gasteiger partial charge in [-0.1, -0.05) is 11.6 Å². The fourth-order valence-corrected chi connectivity index (χ4v) is 0.723. The van der Waals surface area contributed by atoms with Crippen LogP contribution < -0.4 is 0 Å². The summed E-state index contributed by atoms with van der Waals surface area (Å²) in [7, 11) is 0. The van der Waals surface area contributed by atoms with E-state index in [1.54, 1.807) is 6.92 Å². The molecule has 0 aliphatic rings. The Balaban J connectivity index is 3.17. The summed E-state index contributed by atoms with van der Waals surface area (Å²) in [6.45, 7) is 1.65. The number of hydrogen-bond acceptors (Lipinski definition) is 2. The zero-order valence-electron chi connectivity index (χ0n) is 4.73. The molecule has 0 unspecified atom stereocenters. The van der Waals surface area contributed by atoms with Crippen molar-refractivity contribution in [3.63, 3.8) is 0 Å². The molecule has 0 bridgehead atoms. The third-order valence-electron chi connectivity index (χ3n) is 0.796. The second-order valence-corrected chi connectivity index (χ2v) is 1.99. The minimum Gasteiger partial charge on any atom is -0.208 e. The van der Waals surface area contributed by atoms with Crippen LogP contribution in [-0.2, 0) is 0 Å². The molecule has 1 aromatic rings. The summed E-state index contributed by atoms with van der Waals surface area (Å²) in [5, 5.41) is 0.139. The van der Waals surface area contributed by atoms with Gasteiger partial charge in [0.25, 0.3) is 0 Å². The highest BCUT2D eigenvalue weighted by atomic mass is 35.5. The van der Waals surface area contributed by atoms with Gasteiger partial charge in [-0.3, -0.25) is 0 Å². The topological polar surface area (TPSA) is 25.8 Å². The summed E-state index contributed by atoms with van der Waals surface area (Å²) in [5.74, 6) is 0. The van der Waals surface area contributed by atoms with Crippen molar-refractivity contribution in [2.75, 3.05) is 0 Å². The minimum atomic E-state index is -0.778. The molecule has 0 N–H and O–H groups in total. The molecule has 0 aliphatic heterocycles. The Hall–Kier alpha value is -0.700. The van der Waals surface area contributed by atoms with Crippen LogP contribution >= 0.6 is 11.6 Å². The van der Waals surface area contributed by atoms with Crippen molar-refractivity contribution >= 4 is 11.6 Å². The largest absolute Gasteiger partial charge is 0.310 e. The van der Waals surface area contributed by atoms with Crippen molar-refractivity contribution < 1.29 is 4.39 Å². The average Bonchev–Trinajstić information content (AvgIpc) is 1.59. The van der Waals surface area contributed by atoms with Crippen LogP contribution in [0.15, 0.2) is 6.07 Å². The number of aromatic nitrogens is 2. The molecule has 2 nitrogen and oxygen atoms in total. The maximum Gasteiger partial charge on any atom is 0.310 e. The molecule has 1 heterocycles. The van der Waals surface area contributed by atoms with Crippen LogP contribution in [0.3, 0.4) is 0 Å². The van der Waals surface area contributed by atoms with Gasteiger partial charge in [0.1, 0.15) is 5.15 Å². The fourth-order valence-electron chi connectivity index (χ4n) is 0.496. The predicted octanol–water partition coefficient (Wildman–Crippen LogP) is 1.58. The highest BCUT2D eigenvalue weighted by molar-refractivity contribution is 6.29. The molecule has 0 saturated heterocycles. The SMILES string of the molecule is Cc1cc(Cl)nc(F)n1. The Labute approximate surface area is 56.7 Å². The number of aryl methyl sites for hydroxylation is 1. The molecule has 4 heteroatoms. The summed E-state index contributed by atoms with van der Waals surface area (Å²) in [4.78, 5) is 6.59. The molecule has 48 valence electrons. The Morgan fingerprint density at radius 1 is 1.56 bits per heavy atom. The maximum atomic E-state index is 12.1. The van der Waals surface area contributed by atoms with E-state index in [9.17, 15) is 4.39 Å². The molecular weight excluding hydrogens is 143 g/mol. The lowest BCUT2D eigenvalue weighted by Crippen LogP contribution is -1.90. The van der Waals surface area contributed by atoms with E-state index in [2.05, 4.69) is 9.97 Å². The normalized spacial score (nSPS) is 9.67. The van der Waals surface area contributed by atoms with E-state index in [1.807, 2.05) is 0 Å². The van der Waals surface area contributed by atoms with Crippen molar-refractivity contribution in [3.8, 4) is 0 Å². The molecule has 0 aliphatic carbocycles. The van der Waals surface area contributed by atoms with Crippen LogP contribution in [0.5, 0.6) is 0 Å². The molecule has 1 aromatic heterocycles. The number of hydrogen-bond donors (Lipinski definition) is 0. The highest BCUT2D eigenvalue weighted by Gasteiger charge is 1.95. The van der Waals surface area contributed by atoms with Crippen LogP contribution in [0.2, 0.25) is 5.15 Å². The first-order valence-corrected chi connectivity index (χ1v) is 2.73. The summed E-state index contributed by atoms with van der Waals surface area (Å²) >= 11 is 5.36. The Morgan fingerprint density at radius 3 is 2.67 bits per heavy atom. The quantitative estimate of drug-likeness (QED) is 0.410. The van der Waals surface area contributed by atoms with Gasteiger partial charge in [0.2, 0.25) is 0 Å². The highest BCUT2D eigenvalue weighted by Crippen LogP contribution is 2.04. The van der Waals surface area contributed by atoms with Gasteiger partial charge in [-0.25, -0.2) is 4.98 Å². The van der Waals surface area contributed by atoms with E-state index in [4.69, 9.17) is 11.6 Å². The van der Waals surface area contributed by atoms with Gasteiger partial charge in [0.05, 0.1) is 0 Å². The van der Waals surface area contributed by atoms with Gasteiger partial charge >= 0.3 is 6.08 Å². The van der Waals surface area contributed by atoms with Crippen LogP contribution in [0, 0.1) is 13.0 Å². The predicted molar refractivity (Wildman–Crippen MR) is 31.7 cm³/mol. The van der Waals surface area contributed by atoms with Gasteiger partial charge < -0.3 is 0 Å². The van der Waals surface area contributed by atoms with E-state index in [-0.39, 0.29) is 5.15 Å². The molecule has 9 heavy (non-hydrogen) atoms. The molecule has 0 fully saturated rings. The van der Waals surface area contributed by atoms with Crippen molar-refractivity contribution in [1.82, 2.24) is 9.97 Å². The van der Waals surface area contributed by atoms with Gasteiger partial charge in [0, 0.05) is 5.69 Å². The summed E-state index contributed by atoms with van der Waals surface area (Å²) in [6.07, 6.45) is -0.778. The molecule has 0 radical (unpaired) electrons. The van der Waals surface area contributed by atoms with E-state index in [0.717, 1.165) is 0 Å². The maximum absolute atomic E-state index is 12.1. The lowest BCUT2D eigenvalue weighted by atomic mass is 10.5. The number of nitrogens with zero attached hydrogens (tertiary/aromatic N) is 2. The second-order valence-electron chi connectivity index (χ2n) is 1.60. The molecule has 0 saturated carbocycles. The zero-order valence-corrected chi connectivity index (χ0v) is 5.48. The van der Waals surface area contributed by atoms with Crippen molar-refractivity contribution in [2.45, 2.75) is 6.92 Å². The second kappa shape index (κ2) is 2.27. The van der Waals surface area contributed by atoms with Crippen LogP contribution in [0.4, 0.5) is 4.39 Å². The molecule has 0 aromatic carbocycles. The summed E-state index contributed by atoms with van der Waals surface area (Å²) in [6, 6.07) is 1.49. The van der Waals surface area contributed by atoms with Crippen LogP contribution in [-0.4, -0.2) is 9.97 Å². The van der Waals surface area contributed by atoms with Gasteiger partial charge in [0.15, 0.2) is 0 Å². The average molecular weight is 147 g/mol. The van der Waals surface area contributed by atoms with Crippen LogP contribution in [0.1, 0.15) is 5.69 Å². The van der Waals surface area contributed by atoms with E-state index in [1.165, 1.54) is 6.07 Å². The zero-order chi connectivity index (χ0) is 6.85. The lowest BCUT2D eigenvalue weighted by molar-refractivity contribution is 0.535. The molecule has 0 spiro atoms. The van der Waals surface area contributed by atoms with E-state index in [0.29, 0.717) is 5.69 Å². The van der Waals surface area contributed by atoms with Crippen LogP contribution in [0.25, 0.3) is 0 Å². The first-order valence-electron chi connectivity index (χ1n) is 2.35. The monoisotopic (exact) mass is 146 g/mol. The summed E-state index contributed by atoms with van der Waals surface area (Å²) < 4.78 is 12.1. The third kappa shape index (κ3) is 1.61. The molecule has 1 rings (SSSR count). The first kappa shape index (κ1) is 6.42. The van der Waals surface area contributed by atoms with Gasteiger partial charge in [-0.2, -0.15) is 9.37 Å². The van der Waals surface area contributed by atoms with Gasteiger partial charge in [-0.15, -0.1) is 0 Å². The van der Waals surface area contributed by atoms with E-state index >= 15 is 0 Å². The van der Waals surface area contributed by atoms with Crippen molar-refractivity contribution in [1.29, 1.82) is 0 Å². The van der Waals surface area contributed by atoms with Gasteiger partial charge in [-0.05, 0) is 13.0 Å². The summed E-state index contributed by atoms with van der Waals surface area (Å²) in [5.41, 5.74) is 0.535. The molecular formula is C5H4ClFN2. The fraction of sp³-hybridized carbons (Fsp3) is 0.200.